The molecule has 0 radical (unpaired) electrons. The molecule has 25 heavy (non-hydrogen) atoms. The molecule has 3 rings (SSSR count). The van der Waals surface area contributed by atoms with Gasteiger partial charge in [0.05, 0.1) is 5.41 Å². The second-order valence-corrected chi connectivity index (χ2v) is 8.02. The fraction of sp³-hybridized carbons (Fsp3) is 0.619. The lowest BCUT2D eigenvalue weighted by molar-refractivity contribution is -0.151. The number of amides is 1. The molecule has 1 saturated carbocycles. The van der Waals surface area contributed by atoms with Gasteiger partial charge < -0.3 is 10.0 Å². The Kier molecular flexibility index (Phi) is 5.16. The first-order valence-electron chi connectivity index (χ1n) is 9.56. The average molecular weight is 343 g/mol. The molecular formula is C21H29NO3. The number of nitrogens with zero attached hydrogens (tertiary/aromatic N) is 1. The van der Waals surface area contributed by atoms with Gasteiger partial charge in [0, 0.05) is 18.5 Å². The van der Waals surface area contributed by atoms with Gasteiger partial charge in [-0.3, -0.25) is 9.59 Å². The Morgan fingerprint density at radius 1 is 0.920 bits per heavy atom. The number of hydrogen-bond donors (Lipinski definition) is 1. The van der Waals surface area contributed by atoms with E-state index in [1.165, 1.54) is 12.8 Å². The van der Waals surface area contributed by atoms with E-state index < -0.39 is 11.4 Å². The largest absolute Gasteiger partial charge is 0.481 e. The van der Waals surface area contributed by atoms with Crippen molar-refractivity contribution in [2.45, 2.75) is 63.7 Å². The maximum Gasteiger partial charge on any atom is 0.314 e. The van der Waals surface area contributed by atoms with Crippen LogP contribution in [0.1, 0.15) is 63.9 Å². The van der Waals surface area contributed by atoms with Crippen molar-refractivity contribution in [3.8, 4) is 0 Å². The molecule has 2 aliphatic rings. The Labute approximate surface area is 150 Å². The summed E-state index contributed by atoms with van der Waals surface area (Å²) in [5, 5.41) is 9.90. The zero-order valence-corrected chi connectivity index (χ0v) is 15.2. The minimum absolute atomic E-state index is 0.237. The number of carbonyl (C=O) groups is 2. The van der Waals surface area contributed by atoms with E-state index in [0.29, 0.717) is 25.9 Å². The Morgan fingerprint density at radius 3 is 2.00 bits per heavy atom. The highest BCUT2D eigenvalue weighted by Gasteiger charge is 2.46. The summed E-state index contributed by atoms with van der Waals surface area (Å²) in [6.07, 6.45) is 7.61. The molecule has 0 unspecified atom stereocenters. The molecule has 1 aromatic carbocycles. The van der Waals surface area contributed by atoms with E-state index in [1.54, 1.807) is 0 Å². The second kappa shape index (κ2) is 7.19. The number of rotatable bonds is 3. The molecule has 4 heteroatoms. The molecule has 1 N–H and O–H groups in total. The SMILES string of the molecule is CC1(C(=O)N2CCC(C(=O)O)(c3ccccc3)CC2)CCCCCC1. The highest BCUT2D eigenvalue weighted by atomic mass is 16.4. The first-order chi connectivity index (χ1) is 12.0. The average Bonchev–Trinajstić information content (AvgIpc) is 2.87. The summed E-state index contributed by atoms with van der Waals surface area (Å²) in [6.45, 7) is 3.18. The monoisotopic (exact) mass is 343 g/mol. The highest BCUT2D eigenvalue weighted by molar-refractivity contribution is 5.84. The lowest BCUT2D eigenvalue weighted by Crippen LogP contribution is -2.52. The fourth-order valence-corrected chi connectivity index (χ4v) is 4.58. The van der Waals surface area contributed by atoms with Crippen molar-refractivity contribution in [3.05, 3.63) is 35.9 Å². The standard InChI is InChI=1S/C21H29NO3/c1-20(11-7-2-3-8-12-20)18(23)22-15-13-21(14-16-22,19(24)25)17-9-5-4-6-10-17/h4-6,9-10H,2-3,7-8,11-16H2,1H3,(H,24,25). The Bertz CT molecular complexity index is 609. The number of carboxylic acids is 1. The first-order valence-corrected chi connectivity index (χ1v) is 9.56. The van der Waals surface area contributed by atoms with Gasteiger partial charge in [-0.2, -0.15) is 0 Å². The molecular weight excluding hydrogens is 314 g/mol. The quantitative estimate of drug-likeness (QED) is 0.844. The fourth-order valence-electron chi connectivity index (χ4n) is 4.58. The molecule has 1 aromatic rings. The molecule has 1 amide bonds. The molecule has 1 saturated heterocycles. The van der Waals surface area contributed by atoms with Gasteiger partial charge in [0.2, 0.25) is 5.91 Å². The third kappa shape index (κ3) is 3.44. The lowest BCUT2D eigenvalue weighted by Gasteiger charge is -2.42. The summed E-state index contributed by atoms with van der Waals surface area (Å²) in [4.78, 5) is 27.1. The smallest absolute Gasteiger partial charge is 0.314 e. The number of piperidine rings is 1. The first kappa shape index (κ1) is 18.0. The minimum Gasteiger partial charge on any atom is -0.481 e. The van der Waals surface area contributed by atoms with E-state index in [1.807, 2.05) is 35.2 Å². The van der Waals surface area contributed by atoms with E-state index in [2.05, 4.69) is 6.92 Å². The van der Waals surface area contributed by atoms with Crippen molar-refractivity contribution >= 4 is 11.9 Å². The van der Waals surface area contributed by atoms with Crippen LogP contribution in [-0.4, -0.2) is 35.0 Å². The van der Waals surface area contributed by atoms with Gasteiger partial charge in [0.25, 0.3) is 0 Å². The molecule has 1 aliphatic heterocycles. The number of carbonyl (C=O) groups excluding carboxylic acids is 1. The lowest BCUT2D eigenvalue weighted by atomic mass is 9.72. The van der Waals surface area contributed by atoms with E-state index in [4.69, 9.17) is 0 Å². The molecule has 0 bridgehead atoms. The summed E-state index contributed by atoms with van der Waals surface area (Å²) in [5.74, 6) is -0.534. The minimum atomic E-state index is -0.859. The predicted molar refractivity (Wildman–Crippen MR) is 97.4 cm³/mol. The molecule has 1 heterocycles. The Hall–Kier alpha value is -1.84. The third-order valence-electron chi connectivity index (χ3n) is 6.36. The molecule has 2 fully saturated rings. The van der Waals surface area contributed by atoms with E-state index in [0.717, 1.165) is 31.2 Å². The molecule has 4 nitrogen and oxygen atoms in total. The van der Waals surface area contributed by atoms with Gasteiger partial charge >= 0.3 is 5.97 Å². The molecule has 0 spiro atoms. The van der Waals surface area contributed by atoms with Gasteiger partial charge in [0.1, 0.15) is 0 Å². The summed E-state index contributed by atoms with van der Waals surface area (Å²) < 4.78 is 0. The van der Waals surface area contributed by atoms with Crippen LogP contribution in [0.2, 0.25) is 0 Å². The van der Waals surface area contributed by atoms with Gasteiger partial charge in [-0.15, -0.1) is 0 Å². The molecule has 0 aromatic heterocycles. The van der Waals surface area contributed by atoms with E-state index in [9.17, 15) is 14.7 Å². The van der Waals surface area contributed by atoms with Crippen molar-refractivity contribution in [2.24, 2.45) is 5.41 Å². The number of carboxylic acid groups (broad SMARTS) is 1. The summed E-state index contributed by atoms with van der Waals surface area (Å²) >= 11 is 0. The van der Waals surface area contributed by atoms with Crippen LogP contribution in [-0.2, 0) is 15.0 Å². The van der Waals surface area contributed by atoms with Gasteiger partial charge in [-0.25, -0.2) is 0 Å². The summed E-state index contributed by atoms with van der Waals surface area (Å²) in [6, 6.07) is 9.50. The van der Waals surface area contributed by atoms with Crippen molar-refractivity contribution in [3.63, 3.8) is 0 Å². The van der Waals surface area contributed by atoms with Gasteiger partial charge in [0.15, 0.2) is 0 Å². The van der Waals surface area contributed by atoms with Crippen molar-refractivity contribution in [2.75, 3.05) is 13.1 Å². The number of likely N-dealkylation sites (tertiary alicyclic amines) is 1. The summed E-state index contributed by atoms with van der Waals surface area (Å²) in [7, 11) is 0. The normalized spacial score (nSPS) is 22.8. The van der Waals surface area contributed by atoms with E-state index >= 15 is 0 Å². The van der Waals surface area contributed by atoms with Crippen LogP contribution in [0.3, 0.4) is 0 Å². The van der Waals surface area contributed by atoms with Crippen molar-refractivity contribution in [1.29, 1.82) is 0 Å². The van der Waals surface area contributed by atoms with Crippen LogP contribution in [0.4, 0.5) is 0 Å². The Morgan fingerprint density at radius 2 is 1.48 bits per heavy atom. The van der Waals surface area contributed by atoms with Crippen molar-refractivity contribution in [1.82, 2.24) is 4.90 Å². The topological polar surface area (TPSA) is 57.6 Å². The van der Waals surface area contributed by atoms with Crippen LogP contribution in [0, 0.1) is 5.41 Å². The zero-order valence-electron chi connectivity index (χ0n) is 15.2. The zero-order chi connectivity index (χ0) is 17.9. The van der Waals surface area contributed by atoms with Crippen LogP contribution in [0.15, 0.2) is 30.3 Å². The van der Waals surface area contributed by atoms with Crippen LogP contribution in [0.25, 0.3) is 0 Å². The van der Waals surface area contributed by atoms with Gasteiger partial charge in [-0.05, 0) is 31.2 Å². The maximum atomic E-state index is 13.1. The highest BCUT2D eigenvalue weighted by Crippen LogP contribution is 2.40. The van der Waals surface area contributed by atoms with Crippen LogP contribution < -0.4 is 0 Å². The summed E-state index contributed by atoms with van der Waals surface area (Å²) in [5.41, 5.74) is -0.259. The van der Waals surface area contributed by atoms with Crippen LogP contribution >= 0.6 is 0 Å². The Balaban J connectivity index is 1.74. The number of benzene rings is 1. The molecule has 0 atom stereocenters. The van der Waals surface area contributed by atoms with Crippen molar-refractivity contribution < 1.29 is 14.7 Å². The second-order valence-electron chi connectivity index (χ2n) is 8.02. The number of aliphatic carboxylic acids is 1. The predicted octanol–water partition coefficient (Wildman–Crippen LogP) is 3.99. The van der Waals surface area contributed by atoms with Crippen LogP contribution in [0.5, 0.6) is 0 Å². The molecule has 136 valence electrons. The third-order valence-corrected chi connectivity index (χ3v) is 6.36. The molecule has 1 aliphatic carbocycles. The van der Waals surface area contributed by atoms with Gasteiger partial charge in [-0.1, -0.05) is 62.9 Å². The van der Waals surface area contributed by atoms with E-state index in [-0.39, 0.29) is 11.3 Å². The maximum absolute atomic E-state index is 13.1. The number of hydrogen-bond acceptors (Lipinski definition) is 2.